The molecule has 0 spiro atoms. The van der Waals surface area contributed by atoms with E-state index >= 15 is 0 Å². The van der Waals surface area contributed by atoms with Gasteiger partial charge in [0.15, 0.2) is 0 Å². The average Bonchev–Trinajstić information content (AvgIpc) is 2.65. The van der Waals surface area contributed by atoms with Crippen LogP contribution in [0.1, 0.15) is 37.3 Å². The van der Waals surface area contributed by atoms with Crippen molar-refractivity contribution in [1.29, 1.82) is 0 Å². The van der Waals surface area contributed by atoms with Gasteiger partial charge in [0.2, 0.25) is 0 Å². The van der Waals surface area contributed by atoms with Gasteiger partial charge < -0.3 is 10.6 Å². The van der Waals surface area contributed by atoms with E-state index in [4.69, 9.17) is 0 Å². The van der Waals surface area contributed by atoms with Crippen molar-refractivity contribution >= 4 is 17.5 Å². The van der Waals surface area contributed by atoms with Crippen LogP contribution in [0.2, 0.25) is 0 Å². The minimum Gasteiger partial charge on any atom is -0.348 e. The number of hydrogen-bond donors (Lipinski definition) is 2. The first-order valence-electron chi connectivity index (χ1n) is 8.91. The molecule has 0 saturated carbocycles. The van der Waals surface area contributed by atoms with Crippen LogP contribution in [0.25, 0.3) is 0 Å². The summed E-state index contributed by atoms with van der Waals surface area (Å²) in [4.78, 5) is 23.8. The number of anilines is 1. The van der Waals surface area contributed by atoms with Gasteiger partial charge in [0.25, 0.3) is 0 Å². The van der Waals surface area contributed by atoms with E-state index in [1.165, 1.54) is 11.1 Å². The van der Waals surface area contributed by atoms with Crippen molar-refractivity contribution in [2.45, 2.75) is 39.0 Å². The zero-order valence-corrected chi connectivity index (χ0v) is 14.8. The van der Waals surface area contributed by atoms with Gasteiger partial charge in [-0.3, -0.25) is 9.59 Å². The standard InChI is InChI=1S/C21H26N2O2/c1-2-3-8-18-12-14-19(15-13-18)23-21(25)20(24)22-16-7-11-17-9-5-4-6-10-17/h4-6,9-10,12-15H,2-3,7-8,11,16H2,1H3,(H,22,24)(H,23,25). The Kier molecular flexibility index (Phi) is 7.70. The number of hydrogen-bond acceptors (Lipinski definition) is 2. The lowest BCUT2D eigenvalue weighted by molar-refractivity contribution is -0.136. The van der Waals surface area contributed by atoms with Gasteiger partial charge in [-0.2, -0.15) is 0 Å². The van der Waals surface area contributed by atoms with Gasteiger partial charge >= 0.3 is 11.8 Å². The summed E-state index contributed by atoms with van der Waals surface area (Å²) in [5, 5.41) is 5.29. The third-order valence-corrected chi connectivity index (χ3v) is 4.01. The van der Waals surface area contributed by atoms with Crippen molar-refractivity contribution in [3.8, 4) is 0 Å². The first-order chi connectivity index (χ1) is 12.2. The highest BCUT2D eigenvalue weighted by atomic mass is 16.2. The summed E-state index contributed by atoms with van der Waals surface area (Å²) in [7, 11) is 0. The molecular formula is C21H26N2O2. The van der Waals surface area contributed by atoms with E-state index in [-0.39, 0.29) is 0 Å². The summed E-state index contributed by atoms with van der Waals surface area (Å²) in [6, 6.07) is 17.7. The van der Waals surface area contributed by atoms with Crippen molar-refractivity contribution in [2.24, 2.45) is 0 Å². The van der Waals surface area contributed by atoms with Crippen LogP contribution in [0.5, 0.6) is 0 Å². The minimum absolute atomic E-state index is 0.483. The topological polar surface area (TPSA) is 58.2 Å². The van der Waals surface area contributed by atoms with Crippen molar-refractivity contribution in [1.82, 2.24) is 5.32 Å². The van der Waals surface area contributed by atoms with Gasteiger partial charge in [0.1, 0.15) is 0 Å². The van der Waals surface area contributed by atoms with E-state index in [2.05, 4.69) is 29.7 Å². The zero-order chi connectivity index (χ0) is 17.9. The fraction of sp³-hybridized carbons (Fsp3) is 0.333. The molecule has 0 aliphatic heterocycles. The Labute approximate surface area is 149 Å². The van der Waals surface area contributed by atoms with Gasteiger partial charge in [-0.15, -0.1) is 0 Å². The fourth-order valence-electron chi connectivity index (χ4n) is 2.54. The summed E-state index contributed by atoms with van der Waals surface area (Å²) >= 11 is 0. The second-order valence-electron chi connectivity index (χ2n) is 6.10. The van der Waals surface area contributed by atoms with Crippen molar-refractivity contribution < 1.29 is 9.59 Å². The molecule has 0 atom stereocenters. The molecule has 0 radical (unpaired) electrons. The number of carbonyl (C=O) groups excluding carboxylic acids is 2. The molecule has 0 heterocycles. The first kappa shape index (κ1) is 18.7. The molecular weight excluding hydrogens is 312 g/mol. The molecule has 2 rings (SSSR count). The van der Waals surface area contributed by atoms with Gasteiger partial charge in [0.05, 0.1) is 0 Å². The Balaban J connectivity index is 1.70. The first-order valence-corrected chi connectivity index (χ1v) is 8.91. The monoisotopic (exact) mass is 338 g/mol. The highest BCUT2D eigenvalue weighted by Crippen LogP contribution is 2.11. The molecule has 25 heavy (non-hydrogen) atoms. The van der Waals surface area contributed by atoms with Crippen LogP contribution in [-0.2, 0) is 22.4 Å². The Hall–Kier alpha value is -2.62. The lowest BCUT2D eigenvalue weighted by Gasteiger charge is -2.07. The predicted molar refractivity (Wildman–Crippen MR) is 101 cm³/mol. The number of benzene rings is 2. The van der Waals surface area contributed by atoms with Crippen molar-refractivity contribution in [3.05, 3.63) is 65.7 Å². The normalized spacial score (nSPS) is 10.3. The van der Waals surface area contributed by atoms with Crippen LogP contribution in [0.15, 0.2) is 54.6 Å². The average molecular weight is 338 g/mol. The van der Waals surface area contributed by atoms with Crippen LogP contribution >= 0.6 is 0 Å². The summed E-state index contributed by atoms with van der Waals surface area (Å²) in [5.41, 5.74) is 3.11. The number of rotatable bonds is 8. The van der Waals surface area contributed by atoms with E-state index in [0.717, 1.165) is 32.1 Å². The Morgan fingerprint density at radius 1 is 0.800 bits per heavy atom. The highest BCUT2D eigenvalue weighted by molar-refractivity contribution is 6.39. The fourth-order valence-corrected chi connectivity index (χ4v) is 2.54. The van der Waals surface area contributed by atoms with E-state index in [9.17, 15) is 9.59 Å². The van der Waals surface area contributed by atoms with Crippen LogP contribution in [0.3, 0.4) is 0 Å². The molecule has 0 saturated heterocycles. The molecule has 2 N–H and O–H groups in total. The minimum atomic E-state index is -0.624. The Bertz CT molecular complexity index is 666. The van der Waals surface area contributed by atoms with Crippen molar-refractivity contribution in [2.75, 3.05) is 11.9 Å². The largest absolute Gasteiger partial charge is 0.348 e. The maximum atomic E-state index is 11.9. The van der Waals surface area contributed by atoms with Crippen LogP contribution in [0, 0.1) is 0 Å². The van der Waals surface area contributed by atoms with Crippen LogP contribution < -0.4 is 10.6 Å². The van der Waals surface area contributed by atoms with Gasteiger partial charge in [-0.1, -0.05) is 55.8 Å². The summed E-state index contributed by atoms with van der Waals surface area (Å²) in [6.07, 6.45) is 5.02. The van der Waals surface area contributed by atoms with Crippen molar-refractivity contribution in [3.63, 3.8) is 0 Å². The van der Waals surface area contributed by atoms with Crippen LogP contribution in [-0.4, -0.2) is 18.4 Å². The summed E-state index contributed by atoms with van der Waals surface area (Å²) in [6.45, 7) is 2.64. The number of unbranched alkanes of at least 4 members (excludes halogenated alkanes) is 1. The number of amides is 2. The maximum Gasteiger partial charge on any atom is 0.313 e. The Morgan fingerprint density at radius 2 is 1.44 bits per heavy atom. The second-order valence-corrected chi connectivity index (χ2v) is 6.10. The number of aryl methyl sites for hydroxylation is 2. The van der Waals surface area contributed by atoms with Gasteiger partial charge in [0, 0.05) is 12.2 Å². The Morgan fingerprint density at radius 3 is 2.12 bits per heavy atom. The molecule has 2 aromatic carbocycles. The van der Waals surface area contributed by atoms with E-state index < -0.39 is 11.8 Å². The lowest BCUT2D eigenvalue weighted by atomic mass is 10.1. The quantitative estimate of drug-likeness (QED) is 0.569. The molecule has 0 aromatic heterocycles. The molecule has 2 amide bonds. The molecule has 0 bridgehead atoms. The van der Waals surface area contributed by atoms with E-state index in [1.54, 1.807) is 0 Å². The molecule has 4 nitrogen and oxygen atoms in total. The SMILES string of the molecule is CCCCc1ccc(NC(=O)C(=O)NCCCc2ccccc2)cc1. The van der Waals surface area contributed by atoms with E-state index in [0.29, 0.717) is 12.2 Å². The zero-order valence-electron chi connectivity index (χ0n) is 14.8. The smallest absolute Gasteiger partial charge is 0.313 e. The number of nitrogens with one attached hydrogen (secondary N) is 2. The summed E-state index contributed by atoms with van der Waals surface area (Å²) in [5.74, 6) is -1.22. The maximum absolute atomic E-state index is 11.9. The lowest BCUT2D eigenvalue weighted by Crippen LogP contribution is -2.36. The van der Waals surface area contributed by atoms with E-state index in [1.807, 2.05) is 42.5 Å². The second kappa shape index (κ2) is 10.3. The molecule has 0 aliphatic carbocycles. The molecule has 0 unspecified atom stereocenters. The van der Waals surface area contributed by atoms with Crippen LogP contribution in [0.4, 0.5) is 5.69 Å². The van der Waals surface area contributed by atoms with Gasteiger partial charge in [-0.05, 0) is 48.9 Å². The third-order valence-electron chi connectivity index (χ3n) is 4.01. The molecule has 2 aromatic rings. The third kappa shape index (κ3) is 6.79. The summed E-state index contributed by atoms with van der Waals surface area (Å²) < 4.78 is 0. The number of carbonyl (C=O) groups is 2. The molecule has 0 aliphatic rings. The molecule has 0 fully saturated rings. The molecule has 132 valence electrons. The molecule has 4 heteroatoms. The predicted octanol–water partition coefficient (Wildman–Crippen LogP) is 3.72. The highest BCUT2D eigenvalue weighted by Gasteiger charge is 2.12. The van der Waals surface area contributed by atoms with Gasteiger partial charge in [-0.25, -0.2) is 0 Å².